The Balaban J connectivity index is 1.60. The van der Waals surface area contributed by atoms with Crippen LogP contribution in [0.15, 0.2) is 35.5 Å². The van der Waals surface area contributed by atoms with Crippen LogP contribution in [0.1, 0.15) is 154 Å². The van der Waals surface area contributed by atoms with Crippen molar-refractivity contribution < 1.29 is 14.2 Å². The van der Waals surface area contributed by atoms with Gasteiger partial charge in [0.25, 0.3) is 0 Å². The number of rotatable bonds is 8. The third-order valence-electron chi connectivity index (χ3n) is 7.98. The minimum Gasteiger partial charge on any atom is -0.494 e. The van der Waals surface area contributed by atoms with Gasteiger partial charge in [-0.3, -0.25) is 0 Å². The van der Waals surface area contributed by atoms with Gasteiger partial charge in [0.1, 0.15) is 13.2 Å². The average Bonchev–Trinajstić information content (AvgIpc) is 2.91. The number of allylic oxidation sites excluding steroid dienone is 6. The fourth-order valence-corrected chi connectivity index (χ4v) is 5.65. The minimum atomic E-state index is -0.0493. The van der Waals surface area contributed by atoms with E-state index >= 15 is 0 Å². The molecule has 0 heterocycles. The first-order valence-electron chi connectivity index (χ1n) is 15.9. The van der Waals surface area contributed by atoms with E-state index in [1.54, 1.807) is 0 Å². The quantitative estimate of drug-likeness (QED) is 0.332. The molecular weight excluding hydrogens is 444 g/mol. The van der Waals surface area contributed by atoms with Crippen LogP contribution in [-0.2, 0) is 14.2 Å². The van der Waals surface area contributed by atoms with Crippen LogP contribution in [0, 0.1) is 0 Å². The molecule has 3 rings (SSSR count). The molecule has 0 amide bonds. The Morgan fingerprint density at radius 1 is 0.417 bits per heavy atom. The lowest BCUT2D eigenvalue weighted by molar-refractivity contribution is -0.0103. The van der Waals surface area contributed by atoms with Crippen molar-refractivity contribution in [3.8, 4) is 0 Å². The molecule has 0 unspecified atom stereocenters. The molecule has 0 N–H and O–H groups in total. The van der Waals surface area contributed by atoms with E-state index in [1.165, 1.54) is 133 Å². The molecule has 0 aliphatic heterocycles. The molecule has 0 fully saturated rings. The molecule has 0 saturated heterocycles. The third kappa shape index (κ3) is 13.8. The molecule has 0 aromatic carbocycles. The van der Waals surface area contributed by atoms with Gasteiger partial charge in [-0.15, -0.1) is 0 Å². The van der Waals surface area contributed by atoms with E-state index in [9.17, 15) is 0 Å². The van der Waals surface area contributed by atoms with Gasteiger partial charge >= 0.3 is 0 Å². The van der Waals surface area contributed by atoms with Gasteiger partial charge in [-0.25, -0.2) is 0 Å². The molecule has 206 valence electrons. The maximum atomic E-state index is 6.66. The van der Waals surface area contributed by atoms with Crippen LogP contribution in [0.3, 0.4) is 0 Å². The van der Waals surface area contributed by atoms with Crippen molar-refractivity contribution >= 4 is 0 Å². The van der Waals surface area contributed by atoms with Gasteiger partial charge in [-0.1, -0.05) is 77.0 Å². The molecule has 3 aliphatic rings. The summed E-state index contributed by atoms with van der Waals surface area (Å²) in [5.41, 5.74) is 0. The van der Waals surface area contributed by atoms with Crippen LogP contribution in [0.4, 0.5) is 0 Å². The van der Waals surface area contributed by atoms with E-state index in [4.69, 9.17) is 14.2 Å². The predicted molar refractivity (Wildman–Crippen MR) is 152 cm³/mol. The molecule has 3 nitrogen and oxygen atoms in total. The molecule has 3 aliphatic carbocycles. The summed E-state index contributed by atoms with van der Waals surface area (Å²) in [5, 5.41) is 0. The SMILES string of the molecule is C1=C(/OCC(CO/C2=C/CCCCCCCC2)O/C2=C/CCCCCCCC2)CCCCCCCC/1. The molecule has 0 bridgehead atoms. The number of hydrogen-bond acceptors (Lipinski definition) is 3. The summed E-state index contributed by atoms with van der Waals surface area (Å²) in [6.45, 7) is 1.19. The third-order valence-corrected chi connectivity index (χ3v) is 7.98. The van der Waals surface area contributed by atoms with Gasteiger partial charge in [0, 0.05) is 19.3 Å². The lowest BCUT2D eigenvalue weighted by Gasteiger charge is -2.24. The number of hydrogen-bond donors (Lipinski definition) is 0. The first kappa shape index (κ1) is 29.2. The molecule has 36 heavy (non-hydrogen) atoms. The van der Waals surface area contributed by atoms with Crippen molar-refractivity contribution in [2.45, 2.75) is 160 Å². The summed E-state index contributed by atoms with van der Waals surface area (Å²) in [7, 11) is 0. The van der Waals surface area contributed by atoms with Crippen LogP contribution in [0.2, 0.25) is 0 Å². The van der Waals surface area contributed by atoms with E-state index in [2.05, 4.69) is 18.2 Å². The highest BCUT2D eigenvalue weighted by atomic mass is 16.6. The zero-order chi connectivity index (χ0) is 24.9. The molecule has 0 aromatic rings. The van der Waals surface area contributed by atoms with Crippen LogP contribution >= 0.6 is 0 Å². The normalized spacial score (nSPS) is 26.8. The van der Waals surface area contributed by atoms with Gasteiger partial charge in [0.2, 0.25) is 0 Å². The van der Waals surface area contributed by atoms with E-state index in [0.717, 1.165) is 38.5 Å². The summed E-state index contributed by atoms with van der Waals surface area (Å²) in [6, 6.07) is 0. The molecule has 0 saturated carbocycles. The summed E-state index contributed by atoms with van der Waals surface area (Å²) in [6.07, 6.45) is 37.5. The minimum absolute atomic E-state index is 0.0493. The zero-order valence-electron chi connectivity index (χ0n) is 23.4. The smallest absolute Gasteiger partial charge is 0.166 e. The van der Waals surface area contributed by atoms with Crippen LogP contribution in [0.25, 0.3) is 0 Å². The summed E-state index contributed by atoms with van der Waals surface area (Å²) >= 11 is 0. The topological polar surface area (TPSA) is 27.7 Å². The lowest BCUT2D eigenvalue weighted by Crippen LogP contribution is -2.26. The summed E-state index contributed by atoms with van der Waals surface area (Å²) in [5.74, 6) is 3.54. The van der Waals surface area contributed by atoms with Crippen molar-refractivity contribution in [1.82, 2.24) is 0 Å². The Labute approximate surface area is 223 Å². The van der Waals surface area contributed by atoms with Crippen molar-refractivity contribution in [2.75, 3.05) is 13.2 Å². The average molecular weight is 501 g/mol. The number of ether oxygens (including phenoxy) is 3. The van der Waals surface area contributed by atoms with Gasteiger partial charge in [-0.2, -0.15) is 0 Å². The van der Waals surface area contributed by atoms with E-state index in [1.807, 2.05) is 0 Å². The highest BCUT2D eigenvalue weighted by Crippen LogP contribution is 2.23. The first-order chi connectivity index (χ1) is 17.9. The Morgan fingerprint density at radius 3 is 1.19 bits per heavy atom. The van der Waals surface area contributed by atoms with Gasteiger partial charge in [0.05, 0.1) is 17.3 Å². The van der Waals surface area contributed by atoms with Crippen molar-refractivity contribution in [3.63, 3.8) is 0 Å². The fraction of sp³-hybridized carbons (Fsp3) is 0.818. The Kier molecular flexibility index (Phi) is 16.0. The molecule has 3 heteroatoms. The molecule has 0 spiro atoms. The predicted octanol–water partition coefficient (Wildman–Crippen LogP) is 10.5. The second-order valence-corrected chi connectivity index (χ2v) is 11.4. The lowest BCUT2D eigenvalue weighted by atomic mass is 10.0. The van der Waals surface area contributed by atoms with Gasteiger partial charge in [-0.05, 0) is 76.0 Å². The Hall–Kier alpha value is -1.38. The van der Waals surface area contributed by atoms with Crippen molar-refractivity contribution in [1.29, 1.82) is 0 Å². The van der Waals surface area contributed by atoms with Crippen LogP contribution in [-0.4, -0.2) is 19.3 Å². The van der Waals surface area contributed by atoms with Gasteiger partial charge in [0.15, 0.2) is 6.10 Å². The summed E-state index contributed by atoms with van der Waals surface area (Å²) < 4.78 is 19.6. The molecular formula is C33H56O3. The highest BCUT2D eigenvalue weighted by Gasteiger charge is 2.17. The maximum absolute atomic E-state index is 6.66. The van der Waals surface area contributed by atoms with E-state index in [-0.39, 0.29) is 6.10 Å². The molecule has 0 radical (unpaired) electrons. The Bertz CT molecular complexity index is 609. The van der Waals surface area contributed by atoms with Crippen LogP contribution in [0.5, 0.6) is 0 Å². The second-order valence-electron chi connectivity index (χ2n) is 11.4. The standard InChI is InChI=1S/C33H56O3/c1-4-10-16-22-30(23-17-11-5-1)34-28-33(36-32-26-20-14-8-3-9-15-21-27-32)29-35-31-24-18-12-6-2-7-13-19-25-31/h22,24,26,33H,1-21,23,25,27-29H2/b30-22+,31-24+,32-26+. The first-order valence-corrected chi connectivity index (χ1v) is 15.9. The Morgan fingerprint density at radius 2 is 0.750 bits per heavy atom. The molecule has 0 atom stereocenters. The monoisotopic (exact) mass is 500 g/mol. The maximum Gasteiger partial charge on any atom is 0.166 e. The fourth-order valence-electron chi connectivity index (χ4n) is 5.65. The van der Waals surface area contributed by atoms with Crippen molar-refractivity contribution in [2.24, 2.45) is 0 Å². The van der Waals surface area contributed by atoms with Crippen molar-refractivity contribution in [3.05, 3.63) is 35.5 Å². The highest BCUT2D eigenvalue weighted by molar-refractivity contribution is 4.98. The van der Waals surface area contributed by atoms with Gasteiger partial charge < -0.3 is 14.2 Å². The second kappa shape index (κ2) is 19.7. The summed E-state index contributed by atoms with van der Waals surface area (Å²) in [4.78, 5) is 0. The molecule has 0 aromatic heterocycles. The zero-order valence-corrected chi connectivity index (χ0v) is 23.4. The van der Waals surface area contributed by atoms with E-state index in [0.29, 0.717) is 13.2 Å². The van der Waals surface area contributed by atoms with E-state index < -0.39 is 0 Å². The van der Waals surface area contributed by atoms with Crippen LogP contribution < -0.4 is 0 Å². The largest absolute Gasteiger partial charge is 0.494 e.